The lowest BCUT2D eigenvalue weighted by Crippen LogP contribution is -2.45. The molecule has 1 aromatic carbocycles. The van der Waals surface area contributed by atoms with Crippen LogP contribution in [0.1, 0.15) is 6.42 Å². The summed E-state index contributed by atoms with van der Waals surface area (Å²) in [5.41, 5.74) is 1.00. The summed E-state index contributed by atoms with van der Waals surface area (Å²) in [5, 5.41) is 7.15. The van der Waals surface area contributed by atoms with Gasteiger partial charge in [-0.05, 0) is 50.4 Å². The van der Waals surface area contributed by atoms with Crippen LogP contribution in [0.5, 0.6) is 0 Å². The first-order valence-electron chi connectivity index (χ1n) is 7.35. The molecule has 0 bridgehead atoms. The molecule has 6 heteroatoms. The maximum absolute atomic E-state index is 5.31. The van der Waals surface area contributed by atoms with Gasteiger partial charge in [-0.15, -0.1) is 0 Å². The third kappa shape index (κ3) is 6.30. The molecule has 0 radical (unpaired) electrons. The van der Waals surface area contributed by atoms with Gasteiger partial charge in [0, 0.05) is 42.9 Å². The minimum atomic E-state index is 0.687. The Hall–Kier alpha value is -0.690. The Morgan fingerprint density at radius 2 is 2.05 bits per heavy atom. The fourth-order valence-electron chi connectivity index (χ4n) is 2.32. The summed E-state index contributed by atoms with van der Waals surface area (Å²) in [6, 6.07) is 8.00. The van der Waals surface area contributed by atoms with E-state index in [4.69, 9.17) is 12.2 Å². The molecule has 1 heterocycles. The van der Waals surface area contributed by atoms with Gasteiger partial charge in [-0.2, -0.15) is 0 Å². The standard InChI is InChI=1S/C15H23BrN4S/c1-19-8-10-20(11-9-19)7-3-6-17-15(21)18-14-5-2-4-13(16)12-14/h2,4-5,12H,3,6-11H2,1H3,(H2,17,18,21). The van der Waals surface area contributed by atoms with Gasteiger partial charge in [0.1, 0.15) is 0 Å². The van der Waals surface area contributed by atoms with Crippen molar-refractivity contribution < 1.29 is 0 Å². The quantitative estimate of drug-likeness (QED) is 0.613. The highest BCUT2D eigenvalue weighted by Crippen LogP contribution is 2.15. The number of benzene rings is 1. The summed E-state index contributed by atoms with van der Waals surface area (Å²) in [6.07, 6.45) is 1.12. The lowest BCUT2D eigenvalue weighted by molar-refractivity contribution is 0.153. The molecule has 0 atom stereocenters. The predicted molar refractivity (Wildman–Crippen MR) is 96.9 cm³/mol. The number of nitrogens with one attached hydrogen (secondary N) is 2. The van der Waals surface area contributed by atoms with E-state index in [0.717, 1.165) is 29.7 Å². The van der Waals surface area contributed by atoms with Gasteiger partial charge in [-0.3, -0.25) is 0 Å². The minimum Gasteiger partial charge on any atom is -0.362 e. The Labute approximate surface area is 141 Å². The van der Waals surface area contributed by atoms with Crippen LogP contribution in [0.4, 0.5) is 5.69 Å². The summed E-state index contributed by atoms with van der Waals surface area (Å²) >= 11 is 8.76. The van der Waals surface area contributed by atoms with Crippen LogP contribution in [0.15, 0.2) is 28.7 Å². The minimum absolute atomic E-state index is 0.687. The van der Waals surface area contributed by atoms with E-state index in [0.29, 0.717) is 5.11 Å². The molecule has 0 aromatic heterocycles. The second-order valence-electron chi connectivity index (χ2n) is 5.39. The largest absolute Gasteiger partial charge is 0.362 e. The Bertz CT molecular complexity index is 461. The number of anilines is 1. The normalized spacial score (nSPS) is 16.7. The zero-order valence-electron chi connectivity index (χ0n) is 12.4. The molecule has 0 saturated carbocycles. The van der Waals surface area contributed by atoms with Crippen molar-refractivity contribution >= 4 is 38.9 Å². The maximum Gasteiger partial charge on any atom is 0.170 e. The molecule has 0 spiro atoms. The monoisotopic (exact) mass is 370 g/mol. The van der Waals surface area contributed by atoms with Gasteiger partial charge in [-0.1, -0.05) is 22.0 Å². The van der Waals surface area contributed by atoms with Crippen molar-refractivity contribution in [1.29, 1.82) is 0 Å². The van der Waals surface area contributed by atoms with Crippen LogP contribution in [0.3, 0.4) is 0 Å². The summed E-state index contributed by atoms with van der Waals surface area (Å²) in [5.74, 6) is 0. The van der Waals surface area contributed by atoms with Gasteiger partial charge in [0.05, 0.1) is 0 Å². The Kier molecular flexibility index (Phi) is 6.89. The highest BCUT2D eigenvalue weighted by molar-refractivity contribution is 9.10. The van der Waals surface area contributed by atoms with E-state index in [1.807, 2.05) is 24.3 Å². The van der Waals surface area contributed by atoms with E-state index in [1.165, 1.54) is 26.2 Å². The van der Waals surface area contributed by atoms with Gasteiger partial charge >= 0.3 is 0 Å². The second kappa shape index (κ2) is 8.68. The van der Waals surface area contributed by atoms with Gasteiger partial charge < -0.3 is 20.4 Å². The van der Waals surface area contributed by atoms with Crippen LogP contribution in [0, 0.1) is 0 Å². The van der Waals surface area contributed by atoms with Crippen LogP contribution in [-0.2, 0) is 0 Å². The molecular formula is C15H23BrN4S. The van der Waals surface area contributed by atoms with E-state index >= 15 is 0 Å². The zero-order valence-corrected chi connectivity index (χ0v) is 14.8. The van der Waals surface area contributed by atoms with Crippen LogP contribution in [0.2, 0.25) is 0 Å². The fraction of sp³-hybridized carbons (Fsp3) is 0.533. The molecule has 4 nitrogen and oxygen atoms in total. The van der Waals surface area contributed by atoms with Gasteiger partial charge in [0.15, 0.2) is 5.11 Å². The molecule has 0 aliphatic carbocycles. The number of piperazine rings is 1. The molecule has 2 rings (SSSR count). The van der Waals surface area contributed by atoms with Crippen LogP contribution < -0.4 is 10.6 Å². The lowest BCUT2D eigenvalue weighted by Gasteiger charge is -2.32. The lowest BCUT2D eigenvalue weighted by atomic mass is 10.3. The Morgan fingerprint density at radius 1 is 1.29 bits per heavy atom. The summed E-state index contributed by atoms with van der Waals surface area (Å²) in [6.45, 7) is 6.76. The first kappa shape index (κ1) is 16.7. The molecule has 21 heavy (non-hydrogen) atoms. The van der Waals surface area contributed by atoms with Gasteiger partial charge in [-0.25, -0.2) is 0 Å². The predicted octanol–water partition coefficient (Wildman–Crippen LogP) is 2.37. The molecule has 0 unspecified atom stereocenters. The fourth-order valence-corrected chi connectivity index (χ4v) is 2.94. The van der Waals surface area contributed by atoms with Crippen molar-refractivity contribution in [3.63, 3.8) is 0 Å². The summed E-state index contributed by atoms with van der Waals surface area (Å²) in [4.78, 5) is 4.90. The number of rotatable bonds is 5. The van der Waals surface area contributed by atoms with E-state index in [-0.39, 0.29) is 0 Å². The molecule has 1 saturated heterocycles. The zero-order chi connectivity index (χ0) is 15.1. The first-order chi connectivity index (χ1) is 10.1. The maximum atomic E-state index is 5.31. The number of likely N-dealkylation sites (N-methyl/N-ethyl adjacent to an activating group) is 1. The molecule has 1 aliphatic heterocycles. The Morgan fingerprint density at radius 3 is 2.76 bits per heavy atom. The average molecular weight is 371 g/mol. The van der Waals surface area contributed by atoms with Gasteiger partial charge in [0.25, 0.3) is 0 Å². The van der Waals surface area contributed by atoms with E-state index < -0.39 is 0 Å². The molecule has 1 aliphatic rings. The van der Waals surface area contributed by atoms with Crippen molar-refractivity contribution in [1.82, 2.24) is 15.1 Å². The summed E-state index contributed by atoms with van der Waals surface area (Å²) in [7, 11) is 2.19. The molecule has 1 fully saturated rings. The topological polar surface area (TPSA) is 30.5 Å². The van der Waals surface area contributed by atoms with Crippen molar-refractivity contribution in [2.45, 2.75) is 6.42 Å². The van der Waals surface area contributed by atoms with Crippen LogP contribution >= 0.6 is 28.1 Å². The number of thiocarbonyl (C=S) groups is 1. The van der Waals surface area contributed by atoms with E-state index in [1.54, 1.807) is 0 Å². The van der Waals surface area contributed by atoms with Crippen molar-refractivity contribution in [3.8, 4) is 0 Å². The number of nitrogens with zero attached hydrogens (tertiary/aromatic N) is 2. The number of halogens is 1. The molecular weight excluding hydrogens is 348 g/mol. The van der Waals surface area contributed by atoms with Crippen LogP contribution in [0.25, 0.3) is 0 Å². The SMILES string of the molecule is CN1CCN(CCCNC(=S)Nc2cccc(Br)c2)CC1. The number of hydrogen-bond acceptors (Lipinski definition) is 3. The third-order valence-electron chi connectivity index (χ3n) is 3.62. The highest BCUT2D eigenvalue weighted by atomic mass is 79.9. The Balaban J connectivity index is 1.59. The molecule has 1 aromatic rings. The molecule has 0 amide bonds. The average Bonchev–Trinajstić information content (AvgIpc) is 2.45. The second-order valence-corrected chi connectivity index (χ2v) is 6.71. The van der Waals surface area contributed by atoms with Crippen molar-refractivity contribution in [2.24, 2.45) is 0 Å². The first-order valence-corrected chi connectivity index (χ1v) is 8.55. The third-order valence-corrected chi connectivity index (χ3v) is 4.35. The van der Waals surface area contributed by atoms with Crippen LogP contribution in [-0.4, -0.2) is 61.2 Å². The van der Waals surface area contributed by atoms with Gasteiger partial charge in [0.2, 0.25) is 0 Å². The van der Waals surface area contributed by atoms with Crippen molar-refractivity contribution in [3.05, 3.63) is 28.7 Å². The smallest absolute Gasteiger partial charge is 0.170 e. The van der Waals surface area contributed by atoms with E-state index in [2.05, 4.69) is 43.4 Å². The number of hydrogen-bond donors (Lipinski definition) is 2. The highest BCUT2D eigenvalue weighted by Gasteiger charge is 2.12. The van der Waals surface area contributed by atoms with E-state index in [9.17, 15) is 0 Å². The molecule has 116 valence electrons. The summed E-state index contributed by atoms with van der Waals surface area (Å²) < 4.78 is 1.05. The molecule has 2 N–H and O–H groups in total. The van der Waals surface area contributed by atoms with Crippen molar-refractivity contribution in [2.75, 3.05) is 51.6 Å².